The number of nitrogens with zero attached hydrogens (tertiary/aromatic N) is 4. The minimum absolute atomic E-state index is 0.675. The van der Waals surface area contributed by atoms with Crippen LogP contribution in [0.3, 0.4) is 0 Å². The highest BCUT2D eigenvalue weighted by atomic mass is 35.5. The first-order valence-corrected chi connectivity index (χ1v) is 8.41. The normalized spacial score (nSPS) is 10.9. The van der Waals surface area contributed by atoms with E-state index in [2.05, 4.69) is 15.3 Å². The van der Waals surface area contributed by atoms with Gasteiger partial charge in [0.1, 0.15) is 0 Å². The maximum Gasteiger partial charge on any atom is 0.180 e. The number of imidazole rings is 1. The molecule has 4 rings (SSSR count). The van der Waals surface area contributed by atoms with Crippen LogP contribution in [0.1, 0.15) is 5.69 Å². The number of aromatic nitrogens is 4. The Morgan fingerprint density at radius 1 is 1.00 bits per heavy atom. The van der Waals surface area contributed by atoms with Crippen molar-refractivity contribution in [3.63, 3.8) is 0 Å². The van der Waals surface area contributed by atoms with Crippen LogP contribution in [0, 0.1) is 0 Å². The van der Waals surface area contributed by atoms with Crippen molar-refractivity contribution < 1.29 is 0 Å². The lowest BCUT2D eigenvalue weighted by Crippen LogP contribution is -2.09. The fourth-order valence-electron chi connectivity index (χ4n) is 2.70. The predicted octanol–water partition coefficient (Wildman–Crippen LogP) is 4.10. The second-order valence-corrected chi connectivity index (χ2v) is 6.02. The second-order valence-electron chi connectivity index (χ2n) is 5.61. The molecule has 0 aliphatic rings. The molecule has 3 heterocycles. The summed E-state index contributed by atoms with van der Waals surface area (Å²) in [5.41, 5.74) is 3.53. The highest BCUT2D eigenvalue weighted by molar-refractivity contribution is 6.33. The lowest BCUT2D eigenvalue weighted by molar-refractivity contribution is 0.951. The fraction of sp³-hybridized carbons (Fsp3) is 0.105. The molecule has 0 unspecified atom stereocenters. The maximum absolute atomic E-state index is 6.33. The van der Waals surface area contributed by atoms with Gasteiger partial charge in [0.2, 0.25) is 0 Å². The van der Waals surface area contributed by atoms with E-state index in [0.717, 1.165) is 41.4 Å². The average molecular weight is 350 g/mol. The molecule has 0 bridgehead atoms. The van der Waals surface area contributed by atoms with Crippen LogP contribution in [0.5, 0.6) is 0 Å². The molecule has 1 N–H and O–H groups in total. The van der Waals surface area contributed by atoms with Gasteiger partial charge < -0.3 is 9.72 Å². The van der Waals surface area contributed by atoms with E-state index in [9.17, 15) is 0 Å². The Labute approximate surface area is 150 Å². The molecule has 0 atom stereocenters. The van der Waals surface area contributed by atoms with E-state index in [1.54, 1.807) is 12.4 Å². The number of hydrogen-bond donors (Lipinski definition) is 1. The summed E-state index contributed by atoms with van der Waals surface area (Å²) in [6.07, 6.45) is 8.22. The molecule has 3 aromatic heterocycles. The van der Waals surface area contributed by atoms with Gasteiger partial charge in [-0.25, -0.2) is 9.97 Å². The van der Waals surface area contributed by atoms with Gasteiger partial charge in [0, 0.05) is 49.0 Å². The molecule has 4 aromatic rings. The van der Waals surface area contributed by atoms with Crippen LogP contribution in [0.4, 0.5) is 5.82 Å². The minimum Gasteiger partial charge on any atom is -0.367 e. The summed E-state index contributed by atoms with van der Waals surface area (Å²) in [5.74, 6) is 0.735. The number of rotatable bonds is 5. The molecule has 0 radical (unpaired) electrons. The van der Waals surface area contributed by atoms with Crippen LogP contribution in [0.2, 0.25) is 5.02 Å². The van der Waals surface area contributed by atoms with E-state index < -0.39 is 0 Å². The van der Waals surface area contributed by atoms with Crippen molar-refractivity contribution in [3.05, 3.63) is 78.0 Å². The number of halogens is 1. The van der Waals surface area contributed by atoms with E-state index in [4.69, 9.17) is 16.6 Å². The zero-order valence-corrected chi connectivity index (χ0v) is 14.2. The Hall–Kier alpha value is -2.92. The van der Waals surface area contributed by atoms with Crippen molar-refractivity contribution in [3.8, 4) is 11.3 Å². The first-order valence-electron chi connectivity index (χ1n) is 8.03. The Bertz CT molecular complexity index is 997. The lowest BCUT2D eigenvalue weighted by Gasteiger charge is -2.10. The Morgan fingerprint density at radius 3 is 2.72 bits per heavy atom. The summed E-state index contributed by atoms with van der Waals surface area (Å²) in [7, 11) is 0. The quantitative estimate of drug-likeness (QED) is 0.589. The number of benzene rings is 1. The number of hydrogen-bond acceptors (Lipinski definition) is 4. The van der Waals surface area contributed by atoms with Gasteiger partial charge in [-0.05, 0) is 18.2 Å². The molecule has 25 heavy (non-hydrogen) atoms. The largest absolute Gasteiger partial charge is 0.367 e. The van der Waals surface area contributed by atoms with Gasteiger partial charge in [-0.15, -0.1) is 0 Å². The Kier molecular flexibility index (Phi) is 4.31. The van der Waals surface area contributed by atoms with E-state index in [-0.39, 0.29) is 0 Å². The van der Waals surface area contributed by atoms with Gasteiger partial charge >= 0.3 is 0 Å². The third kappa shape index (κ3) is 3.32. The number of pyridine rings is 1. The summed E-state index contributed by atoms with van der Waals surface area (Å²) < 4.78 is 1.95. The third-order valence-corrected chi connectivity index (χ3v) is 4.25. The topological polar surface area (TPSA) is 55.1 Å². The van der Waals surface area contributed by atoms with Gasteiger partial charge in [0.05, 0.1) is 10.7 Å². The van der Waals surface area contributed by atoms with Crippen molar-refractivity contribution in [1.29, 1.82) is 0 Å². The van der Waals surface area contributed by atoms with Crippen LogP contribution in [0.15, 0.2) is 67.3 Å². The Morgan fingerprint density at radius 2 is 1.88 bits per heavy atom. The summed E-state index contributed by atoms with van der Waals surface area (Å²) in [6.45, 7) is 0.721. The van der Waals surface area contributed by atoms with Crippen molar-refractivity contribution in [2.24, 2.45) is 0 Å². The highest BCUT2D eigenvalue weighted by Gasteiger charge is 2.11. The van der Waals surface area contributed by atoms with Crippen molar-refractivity contribution in [2.75, 3.05) is 11.9 Å². The van der Waals surface area contributed by atoms with E-state index >= 15 is 0 Å². The van der Waals surface area contributed by atoms with Gasteiger partial charge in [0.15, 0.2) is 11.5 Å². The van der Waals surface area contributed by atoms with Crippen molar-refractivity contribution in [1.82, 2.24) is 19.4 Å². The predicted molar refractivity (Wildman–Crippen MR) is 99.9 cm³/mol. The van der Waals surface area contributed by atoms with Crippen LogP contribution < -0.4 is 5.32 Å². The summed E-state index contributed by atoms with van der Waals surface area (Å²) in [5, 5.41) is 4.05. The second kappa shape index (κ2) is 6.91. The Balaban J connectivity index is 1.63. The minimum atomic E-state index is 0.675. The molecule has 0 amide bonds. The van der Waals surface area contributed by atoms with Crippen LogP contribution >= 0.6 is 11.6 Å². The molecular weight excluding hydrogens is 334 g/mol. The highest BCUT2D eigenvalue weighted by Crippen LogP contribution is 2.28. The van der Waals surface area contributed by atoms with Crippen molar-refractivity contribution in [2.45, 2.75) is 6.42 Å². The number of fused-ring (bicyclic) bond motifs is 1. The lowest BCUT2D eigenvalue weighted by atomic mass is 10.1. The summed E-state index contributed by atoms with van der Waals surface area (Å²) in [6, 6.07) is 13.6. The number of nitrogens with one attached hydrogen (secondary N) is 1. The molecule has 0 fully saturated rings. The van der Waals surface area contributed by atoms with Crippen LogP contribution in [-0.4, -0.2) is 25.9 Å². The van der Waals surface area contributed by atoms with E-state index in [1.165, 1.54) is 0 Å². The smallest absolute Gasteiger partial charge is 0.180 e. The molecule has 0 spiro atoms. The van der Waals surface area contributed by atoms with Crippen LogP contribution in [0.25, 0.3) is 16.9 Å². The maximum atomic E-state index is 6.33. The zero-order chi connectivity index (χ0) is 17.1. The van der Waals surface area contributed by atoms with E-state index in [0.29, 0.717) is 5.02 Å². The first kappa shape index (κ1) is 15.6. The van der Waals surface area contributed by atoms with Gasteiger partial charge in [0.25, 0.3) is 0 Å². The molecule has 5 nitrogen and oxygen atoms in total. The standard InChI is InChI=1S/C19H16ClN5/c20-16-7-2-1-6-15(16)17-13-25-12-11-23-19(25)18(24-17)22-10-8-14-5-3-4-9-21-14/h1-7,9,11-13H,8,10H2,(H,22,24). The summed E-state index contributed by atoms with van der Waals surface area (Å²) >= 11 is 6.33. The number of anilines is 1. The monoisotopic (exact) mass is 349 g/mol. The average Bonchev–Trinajstić information content (AvgIpc) is 3.12. The van der Waals surface area contributed by atoms with E-state index in [1.807, 2.05) is 59.3 Å². The molecule has 0 saturated heterocycles. The van der Waals surface area contributed by atoms with Crippen LogP contribution in [-0.2, 0) is 6.42 Å². The summed E-state index contributed by atoms with van der Waals surface area (Å²) in [4.78, 5) is 13.5. The molecule has 0 saturated carbocycles. The molecule has 6 heteroatoms. The van der Waals surface area contributed by atoms with Gasteiger partial charge in [-0.2, -0.15) is 0 Å². The SMILES string of the molecule is Clc1ccccc1-c1cn2ccnc2c(NCCc2ccccn2)n1. The fourth-order valence-corrected chi connectivity index (χ4v) is 2.94. The molecule has 0 aliphatic carbocycles. The molecular formula is C19H16ClN5. The third-order valence-electron chi connectivity index (χ3n) is 3.92. The molecule has 1 aromatic carbocycles. The molecule has 0 aliphatic heterocycles. The van der Waals surface area contributed by atoms with Gasteiger partial charge in [-0.3, -0.25) is 4.98 Å². The molecule has 124 valence electrons. The van der Waals surface area contributed by atoms with Crippen molar-refractivity contribution >= 4 is 23.1 Å². The zero-order valence-electron chi connectivity index (χ0n) is 13.4. The first-order chi connectivity index (χ1) is 12.3. The van der Waals surface area contributed by atoms with Gasteiger partial charge in [-0.1, -0.05) is 35.9 Å².